The van der Waals surface area contributed by atoms with Crippen LogP contribution in [0.2, 0.25) is 0 Å². The van der Waals surface area contributed by atoms with Crippen LogP contribution in [0.3, 0.4) is 0 Å². The minimum absolute atomic E-state index is 0.0932. The SMILES string of the molecule is CCOc1cccnc1Oc1ccc2nc(C(=O)NC3CCC(OC)(C(F)(F)F)CC3)nn2c1. The van der Waals surface area contributed by atoms with E-state index in [0.29, 0.717) is 23.8 Å². The van der Waals surface area contributed by atoms with E-state index >= 15 is 0 Å². The number of alkyl halides is 3. The quantitative estimate of drug-likeness (QED) is 0.548. The van der Waals surface area contributed by atoms with Crippen molar-refractivity contribution in [3.63, 3.8) is 0 Å². The van der Waals surface area contributed by atoms with Gasteiger partial charge in [0.2, 0.25) is 5.82 Å². The minimum atomic E-state index is -4.46. The molecule has 1 aliphatic rings. The molecular weight excluding hydrogens is 455 g/mol. The lowest BCUT2D eigenvalue weighted by Gasteiger charge is -2.40. The molecule has 0 atom stereocenters. The molecule has 12 heteroatoms. The summed E-state index contributed by atoms with van der Waals surface area (Å²) < 4.78 is 57.5. The summed E-state index contributed by atoms with van der Waals surface area (Å²) in [6.45, 7) is 2.30. The Balaban J connectivity index is 1.43. The lowest BCUT2D eigenvalue weighted by Crippen LogP contribution is -2.52. The van der Waals surface area contributed by atoms with Crippen LogP contribution in [0.1, 0.15) is 43.2 Å². The third-order valence-electron chi connectivity index (χ3n) is 5.79. The Morgan fingerprint density at radius 1 is 1.26 bits per heavy atom. The Hall–Kier alpha value is -3.41. The van der Waals surface area contributed by atoms with Gasteiger partial charge >= 0.3 is 6.18 Å². The van der Waals surface area contributed by atoms with Gasteiger partial charge in [-0.05, 0) is 56.9 Å². The predicted octanol–water partition coefficient (Wildman–Crippen LogP) is 3.94. The molecule has 0 spiro atoms. The molecule has 1 fully saturated rings. The third kappa shape index (κ3) is 4.76. The molecule has 0 radical (unpaired) electrons. The van der Waals surface area contributed by atoms with Gasteiger partial charge in [0.1, 0.15) is 5.75 Å². The molecule has 0 unspecified atom stereocenters. The zero-order valence-electron chi connectivity index (χ0n) is 18.6. The maximum absolute atomic E-state index is 13.3. The number of nitrogens with zero attached hydrogens (tertiary/aromatic N) is 4. The van der Waals surface area contributed by atoms with E-state index in [1.54, 1.807) is 36.7 Å². The summed E-state index contributed by atoms with van der Waals surface area (Å²) in [5.41, 5.74) is -1.76. The van der Waals surface area contributed by atoms with Crippen molar-refractivity contribution in [2.45, 2.75) is 50.4 Å². The number of pyridine rings is 2. The summed E-state index contributed by atoms with van der Waals surface area (Å²) in [6, 6.07) is 6.31. The van der Waals surface area contributed by atoms with Gasteiger partial charge in [0, 0.05) is 19.3 Å². The number of carbonyl (C=O) groups is 1. The van der Waals surface area contributed by atoms with Crippen molar-refractivity contribution >= 4 is 11.6 Å². The number of ether oxygens (including phenoxy) is 3. The van der Waals surface area contributed by atoms with Gasteiger partial charge in [-0.15, -0.1) is 5.10 Å². The highest BCUT2D eigenvalue weighted by atomic mass is 19.4. The number of methoxy groups -OCH3 is 1. The molecule has 0 aliphatic heterocycles. The topological polar surface area (TPSA) is 99.9 Å². The first-order valence-electron chi connectivity index (χ1n) is 10.8. The summed E-state index contributed by atoms with van der Waals surface area (Å²) in [6.07, 6.45) is -1.53. The van der Waals surface area contributed by atoms with E-state index in [4.69, 9.17) is 14.2 Å². The second kappa shape index (κ2) is 9.45. The van der Waals surface area contributed by atoms with Gasteiger partial charge in [-0.3, -0.25) is 4.79 Å². The van der Waals surface area contributed by atoms with Gasteiger partial charge in [-0.25, -0.2) is 14.5 Å². The second-order valence-corrected chi connectivity index (χ2v) is 7.89. The highest BCUT2D eigenvalue weighted by Gasteiger charge is 2.56. The lowest BCUT2D eigenvalue weighted by molar-refractivity contribution is -0.280. The Labute approximate surface area is 193 Å². The van der Waals surface area contributed by atoms with E-state index in [-0.39, 0.29) is 37.4 Å². The first-order chi connectivity index (χ1) is 16.2. The first kappa shape index (κ1) is 23.7. The molecule has 1 N–H and O–H groups in total. The average Bonchev–Trinajstić information content (AvgIpc) is 3.24. The summed E-state index contributed by atoms with van der Waals surface area (Å²) in [4.78, 5) is 21.0. The molecule has 1 amide bonds. The molecule has 1 aliphatic carbocycles. The van der Waals surface area contributed by atoms with Crippen molar-refractivity contribution in [3.05, 3.63) is 42.5 Å². The molecular formula is C22H24F3N5O4. The zero-order valence-corrected chi connectivity index (χ0v) is 18.6. The zero-order chi connectivity index (χ0) is 24.3. The van der Waals surface area contributed by atoms with E-state index < -0.39 is 23.7 Å². The Bertz CT molecular complexity index is 1160. The summed E-state index contributed by atoms with van der Waals surface area (Å²) >= 11 is 0. The molecule has 1 saturated carbocycles. The van der Waals surface area contributed by atoms with Crippen LogP contribution in [-0.2, 0) is 4.74 Å². The summed E-state index contributed by atoms with van der Waals surface area (Å²) in [5, 5.41) is 6.91. The van der Waals surface area contributed by atoms with Crippen molar-refractivity contribution < 1.29 is 32.2 Å². The number of fused-ring (bicyclic) bond motifs is 1. The van der Waals surface area contributed by atoms with E-state index in [1.165, 1.54) is 4.52 Å². The number of halogens is 3. The number of hydrogen-bond donors (Lipinski definition) is 1. The van der Waals surface area contributed by atoms with Gasteiger partial charge in [-0.2, -0.15) is 13.2 Å². The monoisotopic (exact) mass is 479 g/mol. The average molecular weight is 479 g/mol. The van der Waals surface area contributed by atoms with Gasteiger partial charge in [0.25, 0.3) is 11.8 Å². The van der Waals surface area contributed by atoms with Crippen LogP contribution in [0.25, 0.3) is 5.65 Å². The molecule has 34 heavy (non-hydrogen) atoms. The van der Waals surface area contributed by atoms with E-state index in [0.717, 1.165) is 7.11 Å². The Morgan fingerprint density at radius 3 is 2.71 bits per heavy atom. The van der Waals surface area contributed by atoms with Crippen LogP contribution in [0, 0.1) is 0 Å². The van der Waals surface area contributed by atoms with Crippen LogP contribution >= 0.6 is 0 Å². The van der Waals surface area contributed by atoms with Crippen LogP contribution < -0.4 is 14.8 Å². The molecule has 3 heterocycles. The Morgan fingerprint density at radius 2 is 2.03 bits per heavy atom. The van der Waals surface area contributed by atoms with E-state index in [2.05, 4.69) is 20.4 Å². The minimum Gasteiger partial charge on any atom is -0.488 e. The van der Waals surface area contributed by atoms with Crippen molar-refractivity contribution in [1.29, 1.82) is 0 Å². The number of nitrogens with one attached hydrogen (secondary N) is 1. The van der Waals surface area contributed by atoms with E-state index in [9.17, 15) is 18.0 Å². The first-order valence-corrected chi connectivity index (χ1v) is 10.8. The molecule has 182 valence electrons. The number of amides is 1. The van der Waals surface area contributed by atoms with Crippen molar-refractivity contribution in [2.24, 2.45) is 0 Å². The van der Waals surface area contributed by atoms with Gasteiger partial charge in [0.05, 0.1) is 12.8 Å². The van der Waals surface area contributed by atoms with Crippen LogP contribution in [-0.4, -0.2) is 57.0 Å². The molecule has 0 aromatic carbocycles. The van der Waals surface area contributed by atoms with Crippen LogP contribution in [0.5, 0.6) is 17.4 Å². The maximum Gasteiger partial charge on any atom is 0.417 e. The van der Waals surface area contributed by atoms with Crippen molar-refractivity contribution in [1.82, 2.24) is 24.9 Å². The molecule has 0 saturated heterocycles. The van der Waals surface area contributed by atoms with Gasteiger partial charge < -0.3 is 19.5 Å². The highest BCUT2D eigenvalue weighted by molar-refractivity contribution is 5.91. The normalized spacial score (nSPS) is 20.8. The summed E-state index contributed by atoms with van der Waals surface area (Å²) in [5.74, 6) is 0.518. The molecule has 3 aromatic heterocycles. The summed E-state index contributed by atoms with van der Waals surface area (Å²) in [7, 11) is 1.07. The highest BCUT2D eigenvalue weighted by Crippen LogP contribution is 2.44. The van der Waals surface area contributed by atoms with E-state index in [1.807, 2.05) is 6.92 Å². The molecule has 4 rings (SSSR count). The Kier molecular flexibility index (Phi) is 6.60. The fraction of sp³-hybridized carbons (Fsp3) is 0.455. The largest absolute Gasteiger partial charge is 0.488 e. The van der Waals surface area contributed by atoms with Crippen LogP contribution in [0.15, 0.2) is 36.7 Å². The number of hydrogen-bond acceptors (Lipinski definition) is 7. The molecule has 9 nitrogen and oxygen atoms in total. The predicted molar refractivity (Wildman–Crippen MR) is 114 cm³/mol. The fourth-order valence-corrected chi connectivity index (χ4v) is 3.93. The third-order valence-corrected chi connectivity index (χ3v) is 5.79. The van der Waals surface area contributed by atoms with Crippen molar-refractivity contribution in [3.8, 4) is 17.4 Å². The van der Waals surface area contributed by atoms with Gasteiger partial charge in [0.15, 0.2) is 17.0 Å². The van der Waals surface area contributed by atoms with Crippen LogP contribution in [0.4, 0.5) is 13.2 Å². The van der Waals surface area contributed by atoms with Crippen molar-refractivity contribution in [2.75, 3.05) is 13.7 Å². The maximum atomic E-state index is 13.3. The fourth-order valence-electron chi connectivity index (χ4n) is 3.93. The molecule has 0 bridgehead atoms. The standard InChI is InChI=1S/C22H24F3N5O4/c1-3-33-16-5-4-12-26-20(16)34-15-6-7-17-28-18(29-30(17)13-15)19(31)27-14-8-10-21(32-2,11-9-14)22(23,24)25/h4-7,12-14H,3,8-11H2,1-2H3,(H,27,31). The number of rotatable bonds is 7. The smallest absolute Gasteiger partial charge is 0.417 e. The molecule has 3 aromatic rings. The van der Waals surface area contributed by atoms with Gasteiger partial charge in [-0.1, -0.05) is 0 Å². The number of carbonyl (C=O) groups excluding carboxylic acids is 1. The number of aromatic nitrogens is 4. The second-order valence-electron chi connectivity index (χ2n) is 7.89. The lowest BCUT2D eigenvalue weighted by atomic mass is 9.81.